The molecule has 1 aromatic heterocycles. The lowest BCUT2D eigenvalue weighted by molar-refractivity contribution is 0.337. The van der Waals surface area contributed by atoms with Crippen molar-refractivity contribution in [1.29, 1.82) is 0 Å². The predicted molar refractivity (Wildman–Crippen MR) is 53.0 cm³/mol. The summed E-state index contributed by atoms with van der Waals surface area (Å²) in [6.07, 6.45) is 2.16. The van der Waals surface area contributed by atoms with Gasteiger partial charge in [-0.05, 0) is 12.8 Å². The van der Waals surface area contributed by atoms with E-state index in [1.807, 2.05) is 0 Å². The fraction of sp³-hybridized carbons (Fsp3) is 0.800. The Bertz CT molecular complexity index is 333. The van der Waals surface area contributed by atoms with Crippen LogP contribution in [0.5, 0.6) is 0 Å². The molecule has 0 aliphatic heterocycles. The van der Waals surface area contributed by atoms with Crippen LogP contribution >= 0.6 is 0 Å². The van der Waals surface area contributed by atoms with Crippen molar-refractivity contribution >= 4 is 0 Å². The zero-order chi connectivity index (χ0) is 10.4. The van der Waals surface area contributed by atoms with Crippen molar-refractivity contribution in [3.05, 3.63) is 11.7 Å². The first-order valence-corrected chi connectivity index (χ1v) is 5.03. The molecule has 4 nitrogen and oxygen atoms in total. The summed E-state index contributed by atoms with van der Waals surface area (Å²) >= 11 is 0. The second kappa shape index (κ2) is 2.79. The molecule has 1 fully saturated rings. The molecule has 2 rings (SSSR count). The van der Waals surface area contributed by atoms with Crippen LogP contribution < -0.4 is 5.73 Å². The van der Waals surface area contributed by atoms with E-state index in [1.54, 1.807) is 0 Å². The number of nitrogens with zero attached hydrogens (tertiary/aromatic N) is 2. The molecule has 0 saturated heterocycles. The molecule has 1 heterocycles. The van der Waals surface area contributed by atoms with E-state index in [4.69, 9.17) is 10.3 Å². The second-order valence-electron chi connectivity index (χ2n) is 5.16. The van der Waals surface area contributed by atoms with Crippen LogP contribution in [-0.2, 0) is 10.8 Å². The van der Waals surface area contributed by atoms with Crippen molar-refractivity contribution in [2.75, 3.05) is 6.54 Å². The van der Waals surface area contributed by atoms with Gasteiger partial charge in [-0.25, -0.2) is 0 Å². The Hall–Kier alpha value is -0.900. The van der Waals surface area contributed by atoms with Crippen LogP contribution in [0.2, 0.25) is 0 Å². The van der Waals surface area contributed by atoms with Crippen LogP contribution in [0, 0.1) is 0 Å². The van der Waals surface area contributed by atoms with E-state index in [1.165, 1.54) is 0 Å². The van der Waals surface area contributed by atoms with Crippen LogP contribution in [0.3, 0.4) is 0 Å². The summed E-state index contributed by atoms with van der Waals surface area (Å²) < 4.78 is 5.27. The average molecular weight is 195 g/mol. The van der Waals surface area contributed by atoms with Crippen molar-refractivity contribution in [3.63, 3.8) is 0 Å². The Morgan fingerprint density at radius 1 is 1.43 bits per heavy atom. The highest BCUT2D eigenvalue weighted by Gasteiger charge is 2.48. The molecular formula is C10H17N3O. The van der Waals surface area contributed by atoms with E-state index >= 15 is 0 Å². The van der Waals surface area contributed by atoms with Gasteiger partial charge in [0.1, 0.15) is 0 Å². The molecule has 2 N–H and O–H groups in total. The highest BCUT2D eigenvalue weighted by molar-refractivity contribution is 5.17. The minimum Gasteiger partial charge on any atom is -0.339 e. The lowest BCUT2D eigenvalue weighted by atomic mass is 9.96. The average Bonchev–Trinajstić information content (AvgIpc) is 2.73. The molecule has 1 aliphatic rings. The van der Waals surface area contributed by atoms with Gasteiger partial charge in [0, 0.05) is 12.0 Å². The van der Waals surface area contributed by atoms with Crippen LogP contribution in [0.25, 0.3) is 0 Å². The third-order valence-electron chi connectivity index (χ3n) is 2.79. The first-order chi connectivity index (χ1) is 6.48. The van der Waals surface area contributed by atoms with E-state index < -0.39 is 0 Å². The third-order valence-corrected chi connectivity index (χ3v) is 2.79. The summed E-state index contributed by atoms with van der Waals surface area (Å²) in [7, 11) is 0. The van der Waals surface area contributed by atoms with Gasteiger partial charge >= 0.3 is 0 Å². The molecule has 1 aromatic rings. The highest BCUT2D eigenvalue weighted by Crippen LogP contribution is 2.46. The molecule has 78 valence electrons. The molecular weight excluding hydrogens is 178 g/mol. The summed E-state index contributed by atoms with van der Waals surface area (Å²) in [5.41, 5.74) is 5.65. The van der Waals surface area contributed by atoms with Gasteiger partial charge in [-0.2, -0.15) is 4.98 Å². The van der Waals surface area contributed by atoms with E-state index in [2.05, 4.69) is 30.9 Å². The van der Waals surface area contributed by atoms with Gasteiger partial charge in [-0.15, -0.1) is 0 Å². The van der Waals surface area contributed by atoms with Gasteiger partial charge in [0.05, 0.1) is 5.41 Å². The molecule has 0 radical (unpaired) electrons. The fourth-order valence-electron chi connectivity index (χ4n) is 1.40. The van der Waals surface area contributed by atoms with Gasteiger partial charge in [-0.3, -0.25) is 0 Å². The summed E-state index contributed by atoms with van der Waals surface area (Å²) in [5.74, 6) is 1.50. The normalized spacial score (nSPS) is 19.7. The van der Waals surface area contributed by atoms with Crippen molar-refractivity contribution in [1.82, 2.24) is 10.1 Å². The van der Waals surface area contributed by atoms with E-state index in [-0.39, 0.29) is 10.8 Å². The Morgan fingerprint density at radius 2 is 2.07 bits per heavy atom. The van der Waals surface area contributed by atoms with E-state index in [0.29, 0.717) is 6.54 Å². The van der Waals surface area contributed by atoms with Crippen molar-refractivity contribution in [2.24, 2.45) is 5.73 Å². The molecule has 0 bridgehead atoms. The quantitative estimate of drug-likeness (QED) is 0.773. The Balaban J connectivity index is 2.27. The van der Waals surface area contributed by atoms with Crippen molar-refractivity contribution < 1.29 is 4.52 Å². The van der Waals surface area contributed by atoms with Crippen LogP contribution in [0.15, 0.2) is 4.52 Å². The summed E-state index contributed by atoms with van der Waals surface area (Å²) in [6.45, 7) is 6.83. The highest BCUT2D eigenvalue weighted by atomic mass is 16.5. The molecule has 1 aliphatic carbocycles. The van der Waals surface area contributed by atoms with Gasteiger partial charge in [0.25, 0.3) is 0 Å². The van der Waals surface area contributed by atoms with Crippen molar-refractivity contribution in [2.45, 2.75) is 44.4 Å². The van der Waals surface area contributed by atoms with Crippen LogP contribution in [0.4, 0.5) is 0 Å². The lowest BCUT2D eigenvalue weighted by Crippen LogP contribution is -2.21. The summed E-state index contributed by atoms with van der Waals surface area (Å²) in [4.78, 5) is 4.43. The standard InChI is InChI=1S/C10H17N3O/c1-9(2,3)7-12-8(14-13-7)10(6-11)4-5-10/h4-6,11H2,1-3H3. The Labute approximate surface area is 83.9 Å². The topological polar surface area (TPSA) is 64.9 Å². The molecule has 0 unspecified atom stereocenters. The van der Waals surface area contributed by atoms with Gasteiger partial charge in [0.15, 0.2) is 5.82 Å². The molecule has 0 atom stereocenters. The van der Waals surface area contributed by atoms with Crippen LogP contribution in [0.1, 0.15) is 45.3 Å². The zero-order valence-electron chi connectivity index (χ0n) is 9.00. The molecule has 0 amide bonds. The van der Waals surface area contributed by atoms with Crippen molar-refractivity contribution in [3.8, 4) is 0 Å². The molecule has 1 saturated carbocycles. The summed E-state index contributed by atoms with van der Waals surface area (Å²) in [5, 5.41) is 4.00. The van der Waals surface area contributed by atoms with E-state index in [0.717, 1.165) is 24.6 Å². The van der Waals surface area contributed by atoms with Gasteiger partial charge in [-0.1, -0.05) is 25.9 Å². The maximum atomic E-state index is 5.69. The number of hydrogen-bond acceptors (Lipinski definition) is 4. The number of hydrogen-bond donors (Lipinski definition) is 1. The Morgan fingerprint density at radius 3 is 2.43 bits per heavy atom. The maximum Gasteiger partial charge on any atom is 0.234 e. The number of rotatable bonds is 2. The van der Waals surface area contributed by atoms with Crippen LogP contribution in [-0.4, -0.2) is 16.7 Å². The second-order valence-corrected chi connectivity index (χ2v) is 5.16. The minimum absolute atomic E-state index is 0.0104. The molecule has 0 aromatic carbocycles. The van der Waals surface area contributed by atoms with Gasteiger partial charge in [0.2, 0.25) is 5.89 Å². The first-order valence-electron chi connectivity index (χ1n) is 5.03. The fourth-order valence-corrected chi connectivity index (χ4v) is 1.40. The molecule has 14 heavy (non-hydrogen) atoms. The predicted octanol–water partition coefficient (Wildman–Crippen LogP) is 1.36. The first kappa shape index (κ1) is 9.65. The smallest absolute Gasteiger partial charge is 0.234 e. The largest absolute Gasteiger partial charge is 0.339 e. The number of aromatic nitrogens is 2. The number of nitrogens with two attached hydrogens (primary N) is 1. The lowest BCUT2D eigenvalue weighted by Gasteiger charge is -2.11. The monoisotopic (exact) mass is 195 g/mol. The van der Waals surface area contributed by atoms with E-state index in [9.17, 15) is 0 Å². The molecule has 4 heteroatoms. The SMILES string of the molecule is CC(C)(C)c1noc(C2(CN)CC2)n1. The summed E-state index contributed by atoms with van der Waals surface area (Å²) in [6, 6.07) is 0. The van der Waals surface area contributed by atoms with Gasteiger partial charge < -0.3 is 10.3 Å². The maximum absolute atomic E-state index is 5.69. The Kier molecular flexibility index (Phi) is 1.93. The molecule has 0 spiro atoms. The third kappa shape index (κ3) is 1.43. The zero-order valence-corrected chi connectivity index (χ0v) is 9.00. The minimum atomic E-state index is -0.0492.